The SMILES string of the molecule is Cc1cc(F)cc(F)c1Cn1cc(C(N)=O)cn1. The monoisotopic (exact) mass is 251 g/mol. The number of benzene rings is 1. The lowest BCUT2D eigenvalue weighted by Gasteiger charge is -2.07. The maximum absolute atomic E-state index is 13.6. The Kier molecular flexibility index (Phi) is 3.10. The fourth-order valence-electron chi connectivity index (χ4n) is 1.67. The molecule has 1 aromatic carbocycles. The van der Waals surface area contributed by atoms with Gasteiger partial charge in [-0.25, -0.2) is 8.78 Å². The molecular weight excluding hydrogens is 240 g/mol. The smallest absolute Gasteiger partial charge is 0.251 e. The molecule has 18 heavy (non-hydrogen) atoms. The molecule has 0 spiro atoms. The van der Waals surface area contributed by atoms with Gasteiger partial charge < -0.3 is 5.73 Å². The maximum Gasteiger partial charge on any atom is 0.251 e. The van der Waals surface area contributed by atoms with Gasteiger partial charge in [-0.15, -0.1) is 0 Å². The minimum atomic E-state index is -0.636. The van der Waals surface area contributed by atoms with E-state index in [1.807, 2.05) is 0 Å². The summed E-state index contributed by atoms with van der Waals surface area (Å²) in [5.74, 6) is -1.85. The molecule has 2 aromatic rings. The highest BCUT2D eigenvalue weighted by molar-refractivity contribution is 5.92. The fraction of sp³-hybridized carbons (Fsp3) is 0.167. The van der Waals surface area contributed by atoms with E-state index >= 15 is 0 Å². The first-order valence-corrected chi connectivity index (χ1v) is 5.24. The summed E-state index contributed by atoms with van der Waals surface area (Å²) >= 11 is 0. The molecule has 0 unspecified atom stereocenters. The Morgan fingerprint density at radius 2 is 2.17 bits per heavy atom. The van der Waals surface area contributed by atoms with Gasteiger partial charge in [0.05, 0.1) is 18.3 Å². The highest BCUT2D eigenvalue weighted by Crippen LogP contribution is 2.16. The normalized spacial score (nSPS) is 10.6. The van der Waals surface area contributed by atoms with Crippen LogP contribution in [0.1, 0.15) is 21.5 Å². The van der Waals surface area contributed by atoms with Crippen molar-refractivity contribution < 1.29 is 13.6 Å². The Labute approximate surface area is 102 Å². The van der Waals surface area contributed by atoms with E-state index in [-0.39, 0.29) is 12.1 Å². The fourth-order valence-corrected chi connectivity index (χ4v) is 1.67. The van der Waals surface area contributed by atoms with Crippen LogP contribution in [0.5, 0.6) is 0 Å². The van der Waals surface area contributed by atoms with Crippen molar-refractivity contribution in [1.82, 2.24) is 9.78 Å². The van der Waals surface area contributed by atoms with Gasteiger partial charge >= 0.3 is 0 Å². The second kappa shape index (κ2) is 4.56. The van der Waals surface area contributed by atoms with Crippen molar-refractivity contribution in [3.05, 3.63) is 52.9 Å². The van der Waals surface area contributed by atoms with Crippen LogP contribution in [0.3, 0.4) is 0 Å². The van der Waals surface area contributed by atoms with Crippen LogP contribution in [0.15, 0.2) is 24.5 Å². The van der Waals surface area contributed by atoms with Gasteiger partial charge in [0.25, 0.3) is 5.91 Å². The quantitative estimate of drug-likeness (QED) is 0.901. The molecule has 0 aliphatic rings. The van der Waals surface area contributed by atoms with Crippen molar-refractivity contribution in [2.24, 2.45) is 5.73 Å². The number of nitrogens with two attached hydrogens (primary N) is 1. The number of nitrogens with zero attached hydrogens (tertiary/aromatic N) is 2. The Bertz CT molecular complexity index is 584. The van der Waals surface area contributed by atoms with Crippen LogP contribution < -0.4 is 5.73 Å². The molecule has 0 fully saturated rings. The summed E-state index contributed by atoms with van der Waals surface area (Å²) in [4.78, 5) is 10.9. The third kappa shape index (κ3) is 2.37. The summed E-state index contributed by atoms with van der Waals surface area (Å²) in [6.45, 7) is 1.73. The zero-order valence-corrected chi connectivity index (χ0v) is 9.65. The van der Waals surface area contributed by atoms with Gasteiger partial charge in [0.2, 0.25) is 0 Å². The van der Waals surface area contributed by atoms with Crippen molar-refractivity contribution >= 4 is 5.91 Å². The van der Waals surface area contributed by atoms with Crippen LogP contribution >= 0.6 is 0 Å². The van der Waals surface area contributed by atoms with Crippen molar-refractivity contribution in [1.29, 1.82) is 0 Å². The van der Waals surface area contributed by atoms with Crippen LogP contribution in [0.4, 0.5) is 8.78 Å². The summed E-state index contributed by atoms with van der Waals surface area (Å²) in [7, 11) is 0. The summed E-state index contributed by atoms with van der Waals surface area (Å²) in [6, 6.07) is 2.07. The zero-order valence-electron chi connectivity index (χ0n) is 9.65. The van der Waals surface area contributed by atoms with Crippen LogP contribution in [0, 0.1) is 18.6 Å². The Morgan fingerprint density at radius 3 is 2.72 bits per heavy atom. The molecule has 2 rings (SSSR count). The van der Waals surface area contributed by atoms with E-state index in [4.69, 9.17) is 5.73 Å². The lowest BCUT2D eigenvalue weighted by molar-refractivity contribution is 0.1000. The van der Waals surface area contributed by atoms with E-state index < -0.39 is 17.5 Å². The minimum Gasteiger partial charge on any atom is -0.366 e. The molecule has 0 aliphatic carbocycles. The minimum absolute atomic E-state index is 0.116. The molecule has 2 N–H and O–H groups in total. The number of hydrogen-bond acceptors (Lipinski definition) is 2. The maximum atomic E-state index is 13.6. The summed E-state index contributed by atoms with van der Waals surface area (Å²) in [6.07, 6.45) is 2.73. The molecular formula is C12H11F2N3O. The van der Waals surface area contributed by atoms with E-state index in [2.05, 4.69) is 5.10 Å². The molecule has 6 heteroatoms. The molecule has 4 nitrogen and oxygen atoms in total. The number of amides is 1. The first kappa shape index (κ1) is 12.2. The number of rotatable bonds is 3. The number of carbonyl (C=O) groups is 1. The highest BCUT2D eigenvalue weighted by Gasteiger charge is 2.11. The summed E-state index contributed by atoms with van der Waals surface area (Å²) in [5, 5.41) is 3.89. The second-order valence-corrected chi connectivity index (χ2v) is 3.97. The molecule has 0 aliphatic heterocycles. The summed E-state index contributed by atoms with van der Waals surface area (Å²) < 4.78 is 27.9. The lowest BCUT2D eigenvalue weighted by atomic mass is 10.1. The van der Waals surface area contributed by atoms with E-state index in [0.29, 0.717) is 11.1 Å². The molecule has 0 saturated heterocycles. The van der Waals surface area contributed by atoms with Gasteiger partial charge in [-0.2, -0.15) is 5.10 Å². The van der Waals surface area contributed by atoms with Crippen LogP contribution in [-0.4, -0.2) is 15.7 Å². The second-order valence-electron chi connectivity index (χ2n) is 3.97. The highest BCUT2D eigenvalue weighted by atomic mass is 19.1. The predicted molar refractivity (Wildman–Crippen MR) is 60.9 cm³/mol. The van der Waals surface area contributed by atoms with E-state index in [1.165, 1.54) is 23.1 Å². The number of aromatic nitrogens is 2. The molecule has 0 saturated carbocycles. The third-order valence-electron chi connectivity index (χ3n) is 2.62. The lowest BCUT2D eigenvalue weighted by Crippen LogP contribution is -2.10. The van der Waals surface area contributed by atoms with E-state index in [0.717, 1.165) is 6.07 Å². The van der Waals surface area contributed by atoms with Crippen LogP contribution in [0.2, 0.25) is 0 Å². The molecule has 1 amide bonds. The van der Waals surface area contributed by atoms with Crippen molar-refractivity contribution in [3.63, 3.8) is 0 Å². The van der Waals surface area contributed by atoms with Crippen molar-refractivity contribution in [2.75, 3.05) is 0 Å². The Hall–Kier alpha value is -2.24. The van der Waals surface area contributed by atoms with Crippen LogP contribution in [0.25, 0.3) is 0 Å². The number of aryl methyl sites for hydroxylation is 1. The molecule has 0 bridgehead atoms. The van der Waals surface area contributed by atoms with Gasteiger partial charge in [-0.3, -0.25) is 9.48 Å². The molecule has 94 valence electrons. The van der Waals surface area contributed by atoms with Gasteiger partial charge in [0.15, 0.2) is 0 Å². The van der Waals surface area contributed by atoms with Gasteiger partial charge in [-0.1, -0.05) is 0 Å². The number of carbonyl (C=O) groups excluding carboxylic acids is 1. The van der Waals surface area contributed by atoms with Crippen molar-refractivity contribution in [3.8, 4) is 0 Å². The third-order valence-corrected chi connectivity index (χ3v) is 2.62. The van der Waals surface area contributed by atoms with Gasteiger partial charge in [-0.05, 0) is 18.6 Å². The van der Waals surface area contributed by atoms with Gasteiger partial charge in [0.1, 0.15) is 11.6 Å². The van der Waals surface area contributed by atoms with E-state index in [1.54, 1.807) is 6.92 Å². The molecule has 0 atom stereocenters. The average molecular weight is 251 g/mol. The standard InChI is InChI=1S/C12H11F2N3O/c1-7-2-9(13)3-11(14)10(7)6-17-5-8(4-16-17)12(15)18/h2-5H,6H2,1H3,(H2,15,18). The predicted octanol–water partition coefficient (Wildman–Crippen LogP) is 1.62. The van der Waals surface area contributed by atoms with Gasteiger partial charge in [0, 0.05) is 17.8 Å². The van der Waals surface area contributed by atoms with Crippen LogP contribution in [-0.2, 0) is 6.54 Å². The Morgan fingerprint density at radius 1 is 1.44 bits per heavy atom. The largest absolute Gasteiger partial charge is 0.366 e. The summed E-state index contributed by atoms with van der Waals surface area (Å²) in [5.41, 5.74) is 6.15. The molecule has 1 heterocycles. The number of primary amides is 1. The van der Waals surface area contributed by atoms with E-state index in [9.17, 15) is 13.6 Å². The first-order chi connectivity index (χ1) is 8.47. The molecule has 0 radical (unpaired) electrons. The molecule has 1 aromatic heterocycles. The number of halogens is 2. The van der Waals surface area contributed by atoms with Crippen molar-refractivity contribution in [2.45, 2.75) is 13.5 Å². The first-order valence-electron chi connectivity index (χ1n) is 5.24. The zero-order chi connectivity index (χ0) is 13.3. The topological polar surface area (TPSA) is 60.9 Å². The number of hydrogen-bond donors (Lipinski definition) is 1. The Balaban J connectivity index is 2.31. The average Bonchev–Trinajstić information content (AvgIpc) is 2.71.